The Morgan fingerprint density at radius 1 is 1.53 bits per heavy atom. The third-order valence-corrected chi connectivity index (χ3v) is 3.61. The number of rotatable bonds is 3. The molecular weight excluding hydrogens is 241 g/mol. The van der Waals surface area contributed by atoms with Gasteiger partial charge >= 0.3 is 0 Å². The van der Waals surface area contributed by atoms with Gasteiger partial charge in [0.2, 0.25) is 0 Å². The number of benzene rings is 1. The summed E-state index contributed by atoms with van der Waals surface area (Å²) >= 11 is 5.62. The number of halogens is 2. The summed E-state index contributed by atoms with van der Waals surface area (Å²) in [6.45, 7) is 1.87. The Hall–Kier alpha value is -0.640. The van der Waals surface area contributed by atoms with Gasteiger partial charge in [-0.1, -0.05) is 17.7 Å². The zero-order valence-corrected chi connectivity index (χ0v) is 10.4. The number of nitrogens with one attached hydrogen (secondary N) is 1. The van der Waals surface area contributed by atoms with Crippen molar-refractivity contribution in [2.75, 3.05) is 13.1 Å². The molecule has 1 aliphatic heterocycles. The molecule has 2 rings (SSSR count). The topological polar surface area (TPSA) is 32.3 Å². The third kappa shape index (κ3) is 3.41. The van der Waals surface area contributed by atoms with Crippen LogP contribution in [0.4, 0.5) is 4.39 Å². The molecule has 1 aliphatic rings. The minimum absolute atomic E-state index is 0.127. The standard InChI is InChI=1S/C13H17ClFNO/c14-11-4-3-9(6-12(11)15)7-13(17)10-2-1-5-16-8-10/h3-4,6,10,13,16-17H,1-2,5,7-8H2. The summed E-state index contributed by atoms with van der Waals surface area (Å²) in [6.07, 6.45) is 2.20. The van der Waals surface area contributed by atoms with E-state index in [-0.39, 0.29) is 10.9 Å². The van der Waals surface area contributed by atoms with Crippen LogP contribution < -0.4 is 5.32 Å². The minimum Gasteiger partial charge on any atom is -0.392 e. The molecule has 17 heavy (non-hydrogen) atoms. The van der Waals surface area contributed by atoms with Crippen LogP contribution in [0.5, 0.6) is 0 Å². The second-order valence-electron chi connectivity index (χ2n) is 4.63. The van der Waals surface area contributed by atoms with Crippen molar-refractivity contribution in [1.82, 2.24) is 5.32 Å². The van der Waals surface area contributed by atoms with Crippen molar-refractivity contribution in [2.45, 2.75) is 25.4 Å². The second kappa shape index (κ2) is 5.80. The molecule has 1 aromatic carbocycles. The molecule has 0 amide bonds. The van der Waals surface area contributed by atoms with Gasteiger partial charge in [-0.15, -0.1) is 0 Å². The maximum atomic E-state index is 13.2. The molecule has 2 unspecified atom stereocenters. The highest BCUT2D eigenvalue weighted by atomic mass is 35.5. The fourth-order valence-electron chi connectivity index (χ4n) is 2.28. The van der Waals surface area contributed by atoms with Crippen molar-refractivity contribution < 1.29 is 9.50 Å². The normalized spacial score (nSPS) is 22.4. The molecule has 1 aromatic rings. The van der Waals surface area contributed by atoms with Crippen LogP contribution in [0.1, 0.15) is 18.4 Å². The first-order valence-corrected chi connectivity index (χ1v) is 6.37. The third-order valence-electron chi connectivity index (χ3n) is 3.31. The van der Waals surface area contributed by atoms with Gasteiger partial charge < -0.3 is 10.4 Å². The molecule has 4 heteroatoms. The zero-order valence-electron chi connectivity index (χ0n) is 9.63. The minimum atomic E-state index is -0.418. The predicted molar refractivity (Wildman–Crippen MR) is 66.7 cm³/mol. The van der Waals surface area contributed by atoms with Gasteiger partial charge in [-0.3, -0.25) is 0 Å². The van der Waals surface area contributed by atoms with Gasteiger partial charge in [0.1, 0.15) is 5.82 Å². The molecule has 2 nitrogen and oxygen atoms in total. The Morgan fingerprint density at radius 2 is 2.35 bits per heavy atom. The van der Waals surface area contributed by atoms with Crippen LogP contribution in [0.25, 0.3) is 0 Å². The van der Waals surface area contributed by atoms with E-state index in [9.17, 15) is 9.50 Å². The highest BCUT2D eigenvalue weighted by molar-refractivity contribution is 6.30. The molecule has 0 aromatic heterocycles. The number of aliphatic hydroxyl groups excluding tert-OH is 1. The van der Waals surface area contributed by atoms with E-state index >= 15 is 0 Å². The molecule has 0 spiro atoms. The van der Waals surface area contributed by atoms with Gasteiger partial charge in [-0.05, 0) is 49.4 Å². The van der Waals surface area contributed by atoms with E-state index in [1.807, 2.05) is 0 Å². The monoisotopic (exact) mass is 257 g/mol. The van der Waals surface area contributed by atoms with Crippen LogP contribution in [0.15, 0.2) is 18.2 Å². The van der Waals surface area contributed by atoms with Gasteiger partial charge in [-0.25, -0.2) is 4.39 Å². The van der Waals surface area contributed by atoms with Gasteiger partial charge in [0, 0.05) is 6.54 Å². The Balaban J connectivity index is 1.96. The lowest BCUT2D eigenvalue weighted by molar-refractivity contribution is 0.0921. The molecule has 1 heterocycles. The molecule has 0 aliphatic carbocycles. The number of hydrogen-bond acceptors (Lipinski definition) is 2. The molecule has 0 radical (unpaired) electrons. The Kier molecular flexibility index (Phi) is 4.37. The van der Waals surface area contributed by atoms with Crippen molar-refractivity contribution in [3.05, 3.63) is 34.6 Å². The maximum Gasteiger partial charge on any atom is 0.142 e. The van der Waals surface area contributed by atoms with Crippen molar-refractivity contribution in [3.8, 4) is 0 Å². The van der Waals surface area contributed by atoms with E-state index in [2.05, 4.69) is 5.32 Å². The molecular formula is C13H17ClFNO. The number of aliphatic hydroxyl groups is 1. The van der Waals surface area contributed by atoms with E-state index in [0.717, 1.165) is 31.5 Å². The van der Waals surface area contributed by atoms with Gasteiger partial charge in [-0.2, -0.15) is 0 Å². The first-order valence-electron chi connectivity index (χ1n) is 5.99. The van der Waals surface area contributed by atoms with E-state index in [1.54, 1.807) is 6.07 Å². The van der Waals surface area contributed by atoms with Crippen LogP contribution in [0, 0.1) is 11.7 Å². The van der Waals surface area contributed by atoms with E-state index in [1.165, 1.54) is 12.1 Å². The Bertz CT molecular complexity index is 380. The first-order chi connectivity index (χ1) is 8.16. The van der Waals surface area contributed by atoms with E-state index in [4.69, 9.17) is 11.6 Å². The molecule has 1 fully saturated rings. The quantitative estimate of drug-likeness (QED) is 0.872. The molecule has 0 bridgehead atoms. The second-order valence-corrected chi connectivity index (χ2v) is 5.03. The summed E-state index contributed by atoms with van der Waals surface area (Å²) < 4.78 is 13.2. The summed E-state index contributed by atoms with van der Waals surface area (Å²) in [5, 5.41) is 13.5. The lowest BCUT2D eigenvalue weighted by Gasteiger charge is -2.27. The van der Waals surface area contributed by atoms with Crippen molar-refractivity contribution in [1.29, 1.82) is 0 Å². The summed E-state index contributed by atoms with van der Waals surface area (Å²) in [7, 11) is 0. The lowest BCUT2D eigenvalue weighted by atomic mass is 9.90. The van der Waals surface area contributed by atoms with Crippen LogP contribution in [-0.2, 0) is 6.42 Å². The molecule has 1 saturated heterocycles. The number of hydrogen-bond donors (Lipinski definition) is 2. The lowest BCUT2D eigenvalue weighted by Crippen LogP contribution is -2.37. The zero-order chi connectivity index (χ0) is 12.3. The fraction of sp³-hybridized carbons (Fsp3) is 0.538. The van der Waals surface area contributed by atoms with Crippen LogP contribution in [-0.4, -0.2) is 24.3 Å². The highest BCUT2D eigenvalue weighted by Gasteiger charge is 2.21. The van der Waals surface area contributed by atoms with Gasteiger partial charge in [0.05, 0.1) is 11.1 Å². The Labute approximate surface area is 106 Å². The number of piperidine rings is 1. The maximum absolute atomic E-state index is 13.2. The van der Waals surface area contributed by atoms with Crippen molar-refractivity contribution >= 4 is 11.6 Å². The van der Waals surface area contributed by atoms with Crippen LogP contribution in [0.2, 0.25) is 5.02 Å². The molecule has 94 valence electrons. The molecule has 2 atom stereocenters. The largest absolute Gasteiger partial charge is 0.392 e. The predicted octanol–water partition coefficient (Wildman–Crippen LogP) is 2.38. The summed E-state index contributed by atoms with van der Waals surface area (Å²) in [4.78, 5) is 0. The average molecular weight is 258 g/mol. The van der Waals surface area contributed by atoms with Crippen LogP contribution in [0.3, 0.4) is 0 Å². The Morgan fingerprint density at radius 3 is 3.00 bits per heavy atom. The highest BCUT2D eigenvalue weighted by Crippen LogP contribution is 2.20. The van der Waals surface area contributed by atoms with Crippen molar-refractivity contribution in [2.24, 2.45) is 5.92 Å². The van der Waals surface area contributed by atoms with Crippen molar-refractivity contribution in [3.63, 3.8) is 0 Å². The summed E-state index contributed by atoms with van der Waals surface area (Å²) in [5.74, 6) is -0.152. The summed E-state index contributed by atoms with van der Waals surface area (Å²) in [6, 6.07) is 4.71. The first kappa shape index (κ1) is 12.8. The van der Waals surface area contributed by atoms with Crippen LogP contribution >= 0.6 is 11.6 Å². The van der Waals surface area contributed by atoms with Gasteiger partial charge in [0.15, 0.2) is 0 Å². The van der Waals surface area contributed by atoms with Gasteiger partial charge in [0.25, 0.3) is 0 Å². The SMILES string of the molecule is OC(Cc1ccc(Cl)c(F)c1)C1CCCNC1. The molecule has 2 N–H and O–H groups in total. The van der Waals surface area contributed by atoms with E-state index in [0.29, 0.717) is 6.42 Å². The average Bonchev–Trinajstić information content (AvgIpc) is 2.35. The molecule has 0 saturated carbocycles. The van der Waals surface area contributed by atoms with E-state index < -0.39 is 11.9 Å². The fourth-order valence-corrected chi connectivity index (χ4v) is 2.40. The summed E-state index contributed by atoms with van der Waals surface area (Å²) in [5.41, 5.74) is 0.796. The smallest absolute Gasteiger partial charge is 0.142 e.